The molecule has 0 atom stereocenters. The van der Waals surface area contributed by atoms with Crippen LogP contribution in [0.1, 0.15) is 89.5 Å². The lowest BCUT2D eigenvalue weighted by Gasteiger charge is -2.33. The molecule has 7 nitrogen and oxygen atoms in total. The third-order valence-electron chi connectivity index (χ3n) is 6.99. The van der Waals surface area contributed by atoms with Crippen LogP contribution in [0.25, 0.3) is 11.1 Å². The number of nitrogens with one attached hydrogen (secondary N) is 1. The maximum Gasteiger partial charge on any atom is 0.260 e. The minimum absolute atomic E-state index is 0.00237. The molecule has 0 spiro atoms. The Morgan fingerprint density at radius 2 is 1.79 bits per heavy atom. The van der Waals surface area contributed by atoms with Gasteiger partial charge in [-0.05, 0) is 66.1 Å². The van der Waals surface area contributed by atoms with Gasteiger partial charge >= 0.3 is 0 Å². The number of primary amides is 1. The summed E-state index contributed by atoms with van der Waals surface area (Å²) in [6.45, 7) is 8.10. The lowest BCUT2D eigenvalue weighted by Crippen LogP contribution is -2.42. The highest BCUT2D eigenvalue weighted by atomic mass is 32.1. The molecule has 1 saturated carbocycles. The summed E-state index contributed by atoms with van der Waals surface area (Å²) in [6, 6.07) is 7.38. The van der Waals surface area contributed by atoms with Gasteiger partial charge in [-0.15, -0.1) is 11.3 Å². The van der Waals surface area contributed by atoms with Crippen molar-refractivity contribution < 1.29 is 18.8 Å². The summed E-state index contributed by atoms with van der Waals surface area (Å²) in [4.78, 5) is 45.7. The van der Waals surface area contributed by atoms with Crippen LogP contribution < -0.4 is 16.0 Å². The number of aromatic nitrogens is 1. The Labute approximate surface area is 232 Å². The summed E-state index contributed by atoms with van der Waals surface area (Å²) in [6.07, 6.45) is 6.48. The summed E-state index contributed by atoms with van der Waals surface area (Å²) in [5, 5.41) is 5.34. The molecule has 0 bridgehead atoms. The molecule has 0 saturated heterocycles. The summed E-state index contributed by atoms with van der Waals surface area (Å²) < 4.78 is 14.9. The van der Waals surface area contributed by atoms with Gasteiger partial charge in [-0.3, -0.25) is 19.3 Å². The van der Waals surface area contributed by atoms with E-state index in [9.17, 15) is 18.8 Å². The van der Waals surface area contributed by atoms with E-state index in [1.165, 1.54) is 17.4 Å². The quantitative estimate of drug-likeness (QED) is 0.370. The molecule has 2 aromatic carbocycles. The number of benzene rings is 2. The van der Waals surface area contributed by atoms with Gasteiger partial charge in [0, 0.05) is 40.9 Å². The summed E-state index contributed by atoms with van der Waals surface area (Å²) in [5.74, 6) is -2.00. The molecular formula is C30H35FN4O3S. The summed E-state index contributed by atoms with van der Waals surface area (Å²) in [5.41, 5.74) is 6.98. The Morgan fingerprint density at radius 3 is 2.41 bits per heavy atom. The van der Waals surface area contributed by atoms with Crippen LogP contribution in [-0.4, -0.2) is 35.3 Å². The Bertz CT molecular complexity index is 1380. The minimum Gasteiger partial charge on any atom is -0.366 e. The maximum atomic E-state index is 14.9. The second kappa shape index (κ2) is 11.7. The lowest BCUT2D eigenvalue weighted by atomic mass is 9.90. The maximum absolute atomic E-state index is 14.9. The van der Waals surface area contributed by atoms with E-state index < -0.39 is 11.7 Å². The normalized spacial score (nSPS) is 14.2. The zero-order valence-electron chi connectivity index (χ0n) is 22.8. The first-order valence-electron chi connectivity index (χ1n) is 13.2. The van der Waals surface area contributed by atoms with E-state index in [1.807, 2.05) is 26.2 Å². The van der Waals surface area contributed by atoms with Gasteiger partial charge in [-0.1, -0.05) is 46.1 Å². The van der Waals surface area contributed by atoms with Gasteiger partial charge in [0.1, 0.15) is 5.82 Å². The first kappa shape index (κ1) is 28.4. The van der Waals surface area contributed by atoms with E-state index in [1.54, 1.807) is 36.2 Å². The molecule has 9 heteroatoms. The number of carbonyl (C=O) groups is 3. The molecule has 39 heavy (non-hydrogen) atoms. The van der Waals surface area contributed by atoms with Gasteiger partial charge in [0.15, 0.2) is 5.13 Å². The number of nitrogens with two attached hydrogens (primary N) is 1. The average Bonchev–Trinajstić information content (AvgIpc) is 3.43. The van der Waals surface area contributed by atoms with E-state index in [0.29, 0.717) is 28.4 Å². The van der Waals surface area contributed by atoms with Crippen molar-refractivity contribution in [2.45, 2.75) is 65.8 Å². The van der Waals surface area contributed by atoms with Crippen molar-refractivity contribution in [1.82, 2.24) is 10.3 Å². The number of carbonyl (C=O) groups excluding carboxylic acids is 3. The molecule has 1 aliphatic rings. The van der Waals surface area contributed by atoms with Gasteiger partial charge in [-0.25, -0.2) is 9.37 Å². The predicted molar refractivity (Wildman–Crippen MR) is 153 cm³/mol. The van der Waals surface area contributed by atoms with Crippen molar-refractivity contribution >= 4 is 34.2 Å². The molecule has 3 N–H and O–H groups in total. The summed E-state index contributed by atoms with van der Waals surface area (Å²) in [7, 11) is 0. The number of hydrogen-bond acceptors (Lipinski definition) is 5. The fourth-order valence-electron chi connectivity index (χ4n) is 4.86. The lowest BCUT2D eigenvalue weighted by molar-refractivity contribution is 0.0938. The molecular weight excluding hydrogens is 515 g/mol. The second-order valence-corrected chi connectivity index (χ2v) is 12.2. The van der Waals surface area contributed by atoms with Crippen LogP contribution in [0.15, 0.2) is 41.9 Å². The fourth-order valence-corrected chi connectivity index (χ4v) is 5.57. The van der Waals surface area contributed by atoms with Crippen molar-refractivity contribution in [2.24, 2.45) is 11.1 Å². The Morgan fingerprint density at radius 1 is 1.08 bits per heavy atom. The number of amides is 3. The van der Waals surface area contributed by atoms with E-state index in [0.717, 1.165) is 38.2 Å². The van der Waals surface area contributed by atoms with Crippen LogP contribution in [0.2, 0.25) is 0 Å². The van der Waals surface area contributed by atoms with Gasteiger partial charge in [0.05, 0.1) is 0 Å². The molecule has 4 rings (SSSR count). The highest BCUT2D eigenvalue weighted by Crippen LogP contribution is 2.35. The first-order chi connectivity index (χ1) is 18.5. The van der Waals surface area contributed by atoms with Crippen molar-refractivity contribution in [2.75, 3.05) is 11.4 Å². The largest absolute Gasteiger partial charge is 0.366 e. The number of thiazole rings is 1. The first-order valence-corrected chi connectivity index (χ1v) is 14.1. The molecule has 0 unspecified atom stereocenters. The predicted octanol–water partition coefficient (Wildman–Crippen LogP) is 6.11. The van der Waals surface area contributed by atoms with E-state index in [2.05, 4.69) is 10.3 Å². The van der Waals surface area contributed by atoms with Crippen LogP contribution in [0.4, 0.5) is 9.52 Å². The van der Waals surface area contributed by atoms with Gasteiger partial charge in [0.2, 0.25) is 5.91 Å². The Balaban J connectivity index is 1.88. The number of rotatable bonds is 7. The van der Waals surface area contributed by atoms with Crippen LogP contribution in [-0.2, 0) is 0 Å². The van der Waals surface area contributed by atoms with Crippen LogP contribution in [0.5, 0.6) is 0 Å². The second-order valence-electron chi connectivity index (χ2n) is 11.3. The number of nitrogens with zero attached hydrogens (tertiary/aromatic N) is 2. The molecule has 1 aliphatic carbocycles. The average molecular weight is 551 g/mol. The third kappa shape index (κ3) is 6.53. The number of anilines is 1. The monoisotopic (exact) mass is 550 g/mol. The molecule has 1 heterocycles. The van der Waals surface area contributed by atoms with Crippen molar-refractivity contribution in [3.63, 3.8) is 0 Å². The number of hydrogen-bond donors (Lipinski definition) is 2. The molecule has 3 amide bonds. The molecule has 1 fully saturated rings. The van der Waals surface area contributed by atoms with Gasteiger partial charge in [-0.2, -0.15) is 0 Å². The third-order valence-corrected chi connectivity index (χ3v) is 7.77. The van der Waals surface area contributed by atoms with E-state index in [-0.39, 0.29) is 40.0 Å². The fraction of sp³-hybridized carbons (Fsp3) is 0.400. The highest BCUT2D eigenvalue weighted by molar-refractivity contribution is 7.13. The smallest absolute Gasteiger partial charge is 0.260 e. The molecule has 1 aromatic heterocycles. The Hall–Kier alpha value is -3.59. The zero-order valence-corrected chi connectivity index (χ0v) is 23.7. The van der Waals surface area contributed by atoms with Crippen molar-refractivity contribution in [1.29, 1.82) is 0 Å². The van der Waals surface area contributed by atoms with Gasteiger partial charge < -0.3 is 11.1 Å². The summed E-state index contributed by atoms with van der Waals surface area (Å²) >= 11 is 1.38. The minimum atomic E-state index is -0.771. The highest BCUT2D eigenvalue weighted by Gasteiger charge is 2.32. The Kier molecular flexibility index (Phi) is 8.49. The topological polar surface area (TPSA) is 105 Å². The van der Waals surface area contributed by atoms with Crippen molar-refractivity contribution in [3.05, 3.63) is 70.0 Å². The van der Waals surface area contributed by atoms with E-state index >= 15 is 0 Å². The molecule has 206 valence electrons. The zero-order chi connectivity index (χ0) is 28.3. The SMILES string of the molecule is Cc1c(F)cc(C(N)=O)cc1-c1ccc(C(=O)NCC(C)(C)C)cc1C(=O)N(c1nccs1)C1CCCCC1. The molecule has 0 radical (unpaired) electrons. The van der Waals surface area contributed by atoms with E-state index in [4.69, 9.17) is 5.73 Å². The molecule has 3 aromatic rings. The standard InChI is InChI=1S/C30H35FN4O3S/c1-18-23(15-20(26(32)36)16-25(18)31)22-11-10-19(27(37)34-17-30(2,3)4)14-24(22)28(38)35(29-33-12-13-39-29)21-8-6-5-7-9-21/h10-16,21H,5-9,17H2,1-4H3,(H2,32,36)(H,34,37). The molecule has 0 aliphatic heterocycles. The van der Waals surface area contributed by atoms with Crippen LogP contribution in [0.3, 0.4) is 0 Å². The van der Waals surface area contributed by atoms with Crippen LogP contribution >= 0.6 is 11.3 Å². The number of halogens is 1. The van der Waals surface area contributed by atoms with Gasteiger partial charge in [0.25, 0.3) is 11.8 Å². The van der Waals surface area contributed by atoms with Crippen molar-refractivity contribution in [3.8, 4) is 11.1 Å². The van der Waals surface area contributed by atoms with Crippen LogP contribution in [0, 0.1) is 18.2 Å².